The summed E-state index contributed by atoms with van der Waals surface area (Å²) in [7, 11) is 1.60. The van der Waals surface area contributed by atoms with Crippen molar-refractivity contribution in [3.63, 3.8) is 0 Å². The molecular formula is C26H20BrN3O4. The number of methoxy groups -OCH3 is 1. The molecule has 2 heterocycles. The normalized spacial score (nSPS) is 17.1. The highest BCUT2D eigenvalue weighted by Gasteiger charge is 2.39. The number of carbonyl (C=O) groups is 3. The lowest BCUT2D eigenvalue weighted by molar-refractivity contribution is -0.132. The lowest BCUT2D eigenvalue weighted by Gasteiger charge is -2.25. The van der Waals surface area contributed by atoms with Crippen molar-refractivity contribution in [2.75, 3.05) is 18.6 Å². The second kappa shape index (κ2) is 8.87. The van der Waals surface area contributed by atoms with E-state index in [0.29, 0.717) is 23.4 Å². The molecule has 170 valence electrons. The van der Waals surface area contributed by atoms with E-state index in [4.69, 9.17) is 4.74 Å². The third-order valence-electron chi connectivity index (χ3n) is 6.02. The first kappa shape index (κ1) is 22.0. The minimum atomic E-state index is -0.702. The van der Waals surface area contributed by atoms with Crippen LogP contribution in [0, 0.1) is 0 Å². The minimum Gasteiger partial charge on any atom is -0.497 e. The second-order valence-corrected chi connectivity index (χ2v) is 8.94. The lowest BCUT2D eigenvalue weighted by Crippen LogP contribution is -2.40. The Balaban J connectivity index is 1.47. The van der Waals surface area contributed by atoms with Gasteiger partial charge in [-0.05, 0) is 47.5 Å². The Morgan fingerprint density at radius 2 is 1.74 bits per heavy atom. The van der Waals surface area contributed by atoms with Gasteiger partial charge in [0.2, 0.25) is 0 Å². The van der Waals surface area contributed by atoms with E-state index in [-0.39, 0.29) is 18.5 Å². The number of anilines is 1. The molecule has 0 aromatic heterocycles. The zero-order valence-electron chi connectivity index (χ0n) is 18.3. The average molecular weight is 518 g/mol. The number of amides is 2. The van der Waals surface area contributed by atoms with Gasteiger partial charge in [-0.15, -0.1) is 0 Å². The molecule has 3 aromatic carbocycles. The Morgan fingerprint density at radius 1 is 1.03 bits per heavy atom. The minimum absolute atomic E-state index is 0.272. The Hall–Kier alpha value is -3.78. The van der Waals surface area contributed by atoms with Crippen LogP contribution in [0.3, 0.4) is 0 Å². The van der Waals surface area contributed by atoms with E-state index in [0.717, 1.165) is 21.3 Å². The number of benzene rings is 3. The number of ketones is 1. The molecule has 0 bridgehead atoms. The fourth-order valence-corrected chi connectivity index (χ4v) is 4.52. The van der Waals surface area contributed by atoms with Gasteiger partial charge in [0.15, 0.2) is 0 Å². The van der Waals surface area contributed by atoms with Crippen molar-refractivity contribution in [2.45, 2.75) is 12.5 Å². The average Bonchev–Trinajstić information content (AvgIpc) is 3.41. The summed E-state index contributed by atoms with van der Waals surface area (Å²) in [5, 5.41) is 6.09. The van der Waals surface area contributed by atoms with Crippen molar-refractivity contribution in [3.05, 3.63) is 94.0 Å². The van der Waals surface area contributed by atoms with Gasteiger partial charge < -0.3 is 4.74 Å². The Morgan fingerprint density at radius 3 is 2.44 bits per heavy atom. The number of rotatable bonds is 5. The fraction of sp³-hybridized carbons (Fsp3) is 0.154. The summed E-state index contributed by atoms with van der Waals surface area (Å²) in [6.07, 6.45) is 0.517. The van der Waals surface area contributed by atoms with Gasteiger partial charge in [0.25, 0.3) is 17.6 Å². The van der Waals surface area contributed by atoms with Crippen LogP contribution in [0.25, 0.3) is 0 Å². The van der Waals surface area contributed by atoms with Crippen LogP contribution in [0.1, 0.15) is 33.9 Å². The van der Waals surface area contributed by atoms with Crippen LogP contribution in [0.15, 0.2) is 82.4 Å². The second-order valence-electron chi connectivity index (χ2n) is 8.02. The maximum atomic E-state index is 13.5. The molecule has 2 aliphatic heterocycles. The molecule has 7 nitrogen and oxygen atoms in total. The van der Waals surface area contributed by atoms with E-state index in [9.17, 15) is 14.4 Å². The van der Waals surface area contributed by atoms with Crippen molar-refractivity contribution in [2.24, 2.45) is 5.10 Å². The summed E-state index contributed by atoms with van der Waals surface area (Å²) in [6, 6.07) is 21.6. The van der Waals surface area contributed by atoms with E-state index in [1.807, 2.05) is 48.5 Å². The number of ether oxygens (including phenoxy) is 1. The topological polar surface area (TPSA) is 79.3 Å². The molecule has 34 heavy (non-hydrogen) atoms. The number of hydrogen-bond donors (Lipinski definition) is 0. The van der Waals surface area contributed by atoms with Crippen LogP contribution >= 0.6 is 15.9 Å². The van der Waals surface area contributed by atoms with E-state index in [1.54, 1.807) is 31.4 Å². The van der Waals surface area contributed by atoms with Crippen LogP contribution < -0.4 is 9.64 Å². The number of fused-ring (bicyclic) bond motifs is 1. The van der Waals surface area contributed by atoms with Crippen molar-refractivity contribution >= 4 is 44.9 Å². The van der Waals surface area contributed by atoms with Crippen LogP contribution in [0.4, 0.5) is 5.69 Å². The highest BCUT2D eigenvalue weighted by molar-refractivity contribution is 9.10. The van der Waals surface area contributed by atoms with Gasteiger partial charge in [-0.2, -0.15) is 5.10 Å². The third-order valence-corrected chi connectivity index (χ3v) is 6.54. The van der Waals surface area contributed by atoms with Crippen molar-refractivity contribution in [3.8, 4) is 5.75 Å². The molecule has 0 fully saturated rings. The van der Waals surface area contributed by atoms with E-state index in [2.05, 4.69) is 21.0 Å². The number of hydrogen-bond acceptors (Lipinski definition) is 5. The SMILES string of the molecule is COc1ccc(C2CC(c3ccc(Br)cc3)=NN2C(=O)CN2C(=O)C(=O)c3ccccc32)cc1. The van der Waals surface area contributed by atoms with Crippen LogP contribution in [0.5, 0.6) is 5.75 Å². The zero-order valence-corrected chi connectivity index (χ0v) is 19.9. The fourth-order valence-electron chi connectivity index (χ4n) is 4.26. The van der Waals surface area contributed by atoms with Gasteiger partial charge in [0.05, 0.1) is 30.1 Å². The number of carbonyl (C=O) groups excluding carboxylic acids is 3. The van der Waals surface area contributed by atoms with Crippen LogP contribution in [-0.2, 0) is 9.59 Å². The monoisotopic (exact) mass is 517 g/mol. The standard InChI is InChI=1S/C26H20BrN3O4/c1-34-19-12-8-17(9-13-19)23-14-21(16-6-10-18(27)11-7-16)28-30(23)24(31)15-29-22-5-3-2-4-20(22)25(32)26(29)33/h2-13,23H,14-15H2,1H3. The highest BCUT2D eigenvalue weighted by Crippen LogP contribution is 2.35. The summed E-state index contributed by atoms with van der Waals surface area (Å²) < 4.78 is 6.21. The van der Waals surface area contributed by atoms with Gasteiger partial charge in [0, 0.05) is 10.9 Å². The molecular weight excluding hydrogens is 498 g/mol. The molecule has 0 N–H and O–H groups in total. The van der Waals surface area contributed by atoms with Crippen molar-refractivity contribution < 1.29 is 19.1 Å². The molecule has 3 aromatic rings. The first-order valence-corrected chi connectivity index (χ1v) is 11.5. The number of nitrogens with zero attached hydrogens (tertiary/aromatic N) is 3. The molecule has 1 unspecified atom stereocenters. The van der Waals surface area contributed by atoms with Gasteiger partial charge in [-0.25, -0.2) is 5.01 Å². The third kappa shape index (κ3) is 3.90. The molecule has 0 saturated carbocycles. The van der Waals surface area contributed by atoms with E-state index >= 15 is 0 Å². The summed E-state index contributed by atoms with van der Waals surface area (Å²) in [4.78, 5) is 39.7. The summed E-state index contributed by atoms with van der Waals surface area (Å²) >= 11 is 3.44. The number of Topliss-reactive ketones (excluding diaryl/α,β-unsaturated/α-hetero) is 1. The van der Waals surface area contributed by atoms with Crippen molar-refractivity contribution in [1.29, 1.82) is 0 Å². The molecule has 0 spiro atoms. The predicted molar refractivity (Wildman–Crippen MR) is 131 cm³/mol. The molecule has 0 radical (unpaired) electrons. The van der Waals surface area contributed by atoms with Gasteiger partial charge in [-0.1, -0.05) is 52.3 Å². The quantitative estimate of drug-likeness (QED) is 0.471. The zero-order chi connectivity index (χ0) is 23.8. The predicted octanol–water partition coefficient (Wildman–Crippen LogP) is 4.36. The first-order valence-electron chi connectivity index (χ1n) is 10.7. The van der Waals surface area contributed by atoms with Crippen LogP contribution in [0.2, 0.25) is 0 Å². The molecule has 1 atom stereocenters. The summed E-state index contributed by atoms with van der Waals surface area (Å²) in [6.45, 7) is -0.272. The van der Waals surface area contributed by atoms with Crippen molar-refractivity contribution in [1.82, 2.24) is 5.01 Å². The number of hydrazone groups is 1. The van der Waals surface area contributed by atoms with E-state index in [1.165, 1.54) is 9.91 Å². The van der Waals surface area contributed by atoms with Gasteiger partial charge >= 0.3 is 0 Å². The molecule has 5 rings (SSSR count). The Bertz CT molecular complexity index is 1320. The van der Waals surface area contributed by atoms with Gasteiger partial charge in [0.1, 0.15) is 12.3 Å². The van der Waals surface area contributed by atoms with Gasteiger partial charge in [-0.3, -0.25) is 19.3 Å². The summed E-state index contributed by atoms with van der Waals surface area (Å²) in [5.74, 6) is -0.959. The van der Waals surface area contributed by atoms with E-state index < -0.39 is 11.7 Å². The molecule has 8 heteroatoms. The number of halogens is 1. The van der Waals surface area contributed by atoms with Crippen LogP contribution in [-0.4, -0.2) is 42.0 Å². The largest absolute Gasteiger partial charge is 0.497 e. The molecule has 0 aliphatic carbocycles. The Labute approximate surface area is 204 Å². The lowest BCUT2D eigenvalue weighted by atomic mass is 9.98. The molecule has 0 saturated heterocycles. The smallest absolute Gasteiger partial charge is 0.299 e. The highest BCUT2D eigenvalue weighted by atomic mass is 79.9. The maximum absolute atomic E-state index is 13.5. The summed E-state index contributed by atoms with van der Waals surface area (Å²) in [5.41, 5.74) is 3.34. The Kier molecular flexibility index (Phi) is 5.75. The first-order chi connectivity index (χ1) is 16.5. The number of para-hydroxylation sites is 1. The molecule has 2 aliphatic rings. The maximum Gasteiger partial charge on any atom is 0.299 e. The molecule has 2 amide bonds.